The number of hydrogen-bond donors (Lipinski definition) is 1. The van der Waals surface area contributed by atoms with E-state index >= 15 is 0 Å². The molecule has 1 aliphatic carbocycles. The van der Waals surface area contributed by atoms with Gasteiger partial charge in [0.25, 0.3) is 5.91 Å². The lowest BCUT2D eigenvalue weighted by Gasteiger charge is -2.15. The number of hydrogen-bond acceptors (Lipinski definition) is 6. The number of amides is 1. The maximum Gasteiger partial charge on any atom is 0.278 e. The largest absolute Gasteiger partial charge is 0.360 e. The van der Waals surface area contributed by atoms with Gasteiger partial charge in [0.05, 0.1) is 23.3 Å². The Morgan fingerprint density at radius 1 is 1.29 bits per heavy atom. The summed E-state index contributed by atoms with van der Waals surface area (Å²) in [6.07, 6.45) is 6.14. The van der Waals surface area contributed by atoms with Crippen molar-refractivity contribution < 1.29 is 17.7 Å². The number of benzene rings is 1. The van der Waals surface area contributed by atoms with E-state index in [1.807, 2.05) is 0 Å². The van der Waals surface area contributed by atoms with Crippen LogP contribution in [0.2, 0.25) is 0 Å². The minimum atomic E-state index is -3.46. The van der Waals surface area contributed by atoms with Gasteiger partial charge in [-0.1, -0.05) is 24.2 Å². The second-order valence-electron chi connectivity index (χ2n) is 7.98. The van der Waals surface area contributed by atoms with Crippen LogP contribution in [0.5, 0.6) is 0 Å². The van der Waals surface area contributed by atoms with Crippen LogP contribution in [-0.4, -0.2) is 47.7 Å². The van der Waals surface area contributed by atoms with E-state index in [1.165, 1.54) is 18.4 Å². The maximum atomic E-state index is 12.7. The summed E-state index contributed by atoms with van der Waals surface area (Å²) in [5.74, 6) is 0.781. The van der Waals surface area contributed by atoms with Gasteiger partial charge in [-0.15, -0.1) is 0 Å². The first-order chi connectivity index (χ1) is 14.8. The lowest BCUT2D eigenvalue weighted by Crippen LogP contribution is -2.22. The molecule has 9 nitrogen and oxygen atoms in total. The van der Waals surface area contributed by atoms with Gasteiger partial charge < -0.3 is 9.84 Å². The zero-order valence-electron chi connectivity index (χ0n) is 17.7. The molecular weight excluding hydrogens is 418 g/mol. The molecule has 1 unspecified atom stereocenters. The van der Waals surface area contributed by atoms with E-state index in [4.69, 9.17) is 4.52 Å². The average Bonchev–Trinajstić information content (AvgIpc) is 3.36. The third-order valence-corrected chi connectivity index (χ3v) is 7.31. The Morgan fingerprint density at radius 3 is 2.74 bits per heavy atom. The number of anilines is 1. The molecule has 1 N–H and O–H groups in total. The summed E-state index contributed by atoms with van der Waals surface area (Å²) in [6, 6.07) is 6.65. The van der Waals surface area contributed by atoms with Crippen molar-refractivity contribution in [1.82, 2.24) is 19.2 Å². The van der Waals surface area contributed by atoms with Crippen LogP contribution in [0.1, 0.15) is 53.1 Å². The van der Waals surface area contributed by atoms with Gasteiger partial charge in [-0.2, -0.15) is 5.10 Å². The van der Waals surface area contributed by atoms with E-state index in [1.54, 1.807) is 41.3 Å². The first-order valence-corrected chi connectivity index (χ1v) is 11.5. The third kappa shape index (κ3) is 4.26. The highest BCUT2D eigenvalue weighted by Crippen LogP contribution is 2.33. The molecule has 0 spiro atoms. The Bertz CT molecular complexity index is 1190. The average molecular weight is 444 g/mol. The van der Waals surface area contributed by atoms with Crippen molar-refractivity contribution in [2.45, 2.75) is 43.5 Å². The Hall–Kier alpha value is -2.98. The van der Waals surface area contributed by atoms with Crippen molar-refractivity contribution in [1.29, 1.82) is 0 Å². The van der Waals surface area contributed by atoms with Crippen molar-refractivity contribution in [2.75, 3.05) is 19.4 Å². The van der Waals surface area contributed by atoms with Crippen molar-refractivity contribution in [3.63, 3.8) is 0 Å². The van der Waals surface area contributed by atoms with Gasteiger partial charge in [-0.3, -0.25) is 9.48 Å². The summed E-state index contributed by atoms with van der Waals surface area (Å²) in [7, 11) is -0.461. The van der Waals surface area contributed by atoms with Crippen LogP contribution in [0.25, 0.3) is 0 Å². The standard InChI is InChI=1S/C21H25N5O4S/c1-14-5-4-6-18-19(24-30-20(14)18)21(27)23-16-11-22-26(13-16)12-15-7-9-17(10-8-15)31(28,29)25(2)3/h7-11,13-14H,4-6,12H2,1-3H3,(H,23,27). The molecule has 10 heteroatoms. The number of carbonyl (C=O) groups excluding carboxylic acids is 1. The molecule has 3 aromatic rings. The fourth-order valence-corrected chi connectivity index (χ4v) is 4.62. The van der Waals surface area contributed by atoms with Crippen molar-refractivity contribution in [3.8, 4) is 0 Å². The summed E-state index contributed by atoms with van der Waals surface area (Å²) in [6.45, 7) is 2.52. The van der Waals surface area contributed by atoms with Gasteiger partial charge in [-0.05, 0) is 37.0 Å². The van der Waals surface area contributed by atoms with E-state index in [0.29, 0.717) is 17.9 Å². The van der Waals surface area contributed by atoms with Crippen LogP contribution >= 0.6 is 0 Å². The fourth-order valence-electron chi connectivity index (χ4n) is 3.71. The maximum absolute atomic E-state index is 12.7. The molecule has 1 aliphatic rings. The Balaban J connectivity index is 1.43. The molecule has 0 saturated carbocycles. The molecule has 0 saturated heterocycles. The van der Waals surface area contributed by atoms with E-state index < -0.39 is 10.0 Å². The van der Waals surface area contributed by atoms with Crippen molar-refractivity contribution in [3.05, 3.63) is 59.2 Å². The zero-order chi connectivity index (χ0) is 22.2. The van der Waals surface area contributed by atoms with Crippen LogP contribution < -0.4 is 5.32 Å². The highest BCUT2D eigenvalue weighted by atomic mass is 32.2. The van der Waals surface area contributed by atoms with E-state index in [0.717, 1.165) is 36.1 Å². The van der Waals surface area contributed by atoms with Gasteiger partial charge in [0, 0.05) is 31.8 Å². The van der Waals surface area contributed by atoms with Gasteiger partial charge in [0.2, 0.25) is 10.0 Å². The number of aromatic nitrogens is 3. The number of fused-ring (bicyclic) bond motifs is 1. The molecule has 31 heavy (non-hydrogen) atoms. The number of sulfonamides is 1. The minimum Gasteiger partial charge on any atom is -0.360 e. The highest BCUT2D eigenvalue weighted by Gasteiger charge is 2.28. The SMILES string of the molecule is CC1CCCc2c(C(=O)Nc3cnn(Cc4ccc(S(=O)(=O)N(C)C)cc4)c3)noc21. The Morgan fingerprint density at radius 2 is 2.03 bits per heavy atom. The van der Waals surface area contributed by atoms with Gasteiger partial charge in [0.1, 0.15) is 5.76 Å². The van der Waals surface area contributed by atoms with Gasteiger partial charge >= 0.3 is 0 Å². The molecular formula is C21H25N5O4S. The van der Waals surface area contributed by atoms with Crippen LogP contribution in [0.4, 0.5) is 5.69 Å². The number of rotatable bonds is 6. The molecule has 2 heterocycles. The molecule has 0 radical (unpaired) electrons. The normalized spacial score (nSPS) is 16.3. The predicted molar refractivity (Wildman–Crippen MR) is 114 cm³/mol. The summed E-state index contributed by atoms with van der Waals surface area (Å²) in [4.78, 5) is 12.9. The highest BCUT2D eigenvalue weighted by molar-refractivity contribution is 7.89. The van der Waals surface area contributed by atoms with Crippen LogP contribution in [0.15, 0.2) is 46.1 Å². The van der Waals surface area contributed by atoms with Gasteiger partial charge in [0.15, 0.2) is 5.69 Å². The van der Waals surface area contributed by atoms with Crippen LogP contribution in [-0.2, 0) is 23.0 Å². The van der Waals surface area contributed by atoms with E-state index in [9.17, 15) is 13.2 Å². The lowest BCUT2D eigenvalue weighted by atomic mass is 9.88. The molecule has 2 aromatic heterocycles. The molecule has 0 bridgehead atoms. The molecule has 164 valence electrons. The van der Waals surface area contributed by atoms with Crippen LogP contribution in [0.3, 0.4) is 0 Å². The summed E-state index contributed by atoms with van der Waals surface area (Å²) >= 11 is 0. The molecule has 0 fully saturated rings. The molecule has 1 amide bonds. The van der Waals surface area contributed by atoms with Crippen LogP contribution in [0, 0.1) is 0 Å². The Labute approximate surface area is 181 Å². The molecule has 4 rings (SSSR count). The molecule has 1 atom stereocenters. The fraction of sp³-hybridized carbons (Fsp3) is 0.381. The van der Waals surface area contributed by atoms with Crippen molar-refractivity contribution >= 4 is 21.6 Å². The third-order valence-electron chi connectivity index (χ3n) is 5.48. The molecule has 1 aromatic carbocycles. The Kier molecular flexibility index (Phi) is 5.67. The number of nitrogens with one attached hydrogen (secondary N) is 1. The first-order valence-electron chi connectivity index (χ1n) is 10.1. The topological polar surface area (TPSA) is 110 Å². The smallest absolute Gasteiger partial charge is 0.278 e. The molecule has 0 aliphatic heterocycles. The number of carbonyl (C=O) groups is 1. The minimum absolute atomic E-state index is 0.236. The lowest BCUT2D eigenvalue weighted by molar-refractivity contribution is 0.101. The second kappa shape index (κ2) is 8.27. The first kappa shape index (κ1) is 21.3. The monoisotopic (exact) mass is 443 g/mol. The second-order valence-corrected chi connectivity index (χ2v) is 10.1. The van der Waals surface area contributed by atoms with E-state index in [-0.39, 0.29) is 16.7 Å². The van der Waals surface area contributed by atoms with Crippen molar-refractivity contribution in [2.24, 2.45) is 0 Å². The number of nitrogens with zero attached hydrogens (tertiary/aromatic N) is 4. The van der Waals surface area contributed by atoms with E-state index in [2.05, 4.69) is 22.5 Å². The summed E-state index contributed by atoms with van der Waals surface area (Å²) in [5, 5.41) is 11.1. The predicted octanol–water partition coefficient (Wildman–Crippen LogP) is 2.86. The quantitative estimate of drug-likeness (QED) is 0.627. The summed E-state index contributed by atoms with van der Waals surface area (Å²) in [5.41, 5.74) is 2.68. The zero-order valence-corrected chi connectivity index (χ0v) is 18.5. The summed E-state index contributed by atoms with van der Waals surface area (Å²) < 4.78 is 32.6. The van der Waals surface area contributed by atoms with Gasteiger partial charge in [-0.25, -0.2) is 12.7 Å².